The number of hydrogen-bond acceptors (Lipinski definition) is 5. The minimum atomic E-state index is 0.253. The van der Waals surface area contributed by atoms with Crippen LogP contribution in [0.2, 0.25) is 0 Å². The Labute approximate surface area is 125 Å². The molecular weight excluding hydrogens is 266 g/mol. The Kier molecular flexibility index (Phi) is 3.96. The molecule has 3 rings (SSSR count). The first kappa shape index (κ1) is 14.1. The summed E-state index contributed by atoms with van der Waals surface area (Å²) >= 11 is 0. The van der Waals surface area contributed by atoms with Gasteiger partial charge in [-0.1, -0.05) is 11.2 Å². The number of anilines is 1. The van der Waals surface area contributed by atoms with Crippen molar-refractivity contribution in [3.8, 4) is 0 Å². The second-order valence-electron chi connectivity index (χ2n) is 6.22. The molecule has 1 saturated heterocycles. The topological polar surface area (TPSA) is 78.0 Å². The first-order chi connectivity index (χ1) is 10.2. The first-order valence-corrected chi connectivity index (χ1v) is 7.56. The van der Waals surface area contributed by atoms with Gasteiger partial charge in [0, 0.05) is 45.3 Å². The van der Waals surface area contributed by atoms with Crippen molar-refractivity contribution < 1.29 is 5.21 Å². The molecule has 1 aromatic rings. The molecule has 0 amide bonds. The number of amidine groups is 1. The monoisotopic (exact) mass is 289 g/mol. The summed E-state index contributed by atoms with van der Waals surface area (Å²) in [6, 6.07) is 6.05. The van der Waals surface area contributed by atoms with Gasteiger partial charge in [0.1, 0.15) is 11.7 Å². The zero-order valence-electron chi connectivity index (χ0n) is 12.3. The molecule has 1 saturated carbocycles. The Morgan fingerprint density at radius 3 is 2.62 bits per heavy atom. The Hall–Kier alpha value is -1.82. The Morgan fingerprint density at radius 1 is 1.29 bits per heavy atom. The van der Waals surface area contributed by atoms with Crippen LogP contribution in [0, 0.1) is 5.41 Å². The van der Waals surface area contributed by atoms with E-state index in [4.69, 9.17) is 10.9 Å². The van der Waals surface area contributed by atoms with Crippen molar-refractivity contribution in [1.82, 2.24) is 9.88 Å². The molecule has 0 unspecified atom stereocenters. The molecule has 0 aromatic carbocycles. The van der Waals surface area contributed by atoms with Crippen LogP contribution in [0.3, 0.4) is 0 Å². The zero-order valence-corrected chi connectivity index (χ0v) is 12.3. The van der Waals surface area contributed by atoms with E-state index in [1.807, 2.05) is 18.3 Å². The summed E-state index contributed by atoms with van der Waals surface area (Å²) in [6.07, 6.45) is 4.93. The van der Waals surface area contributed by atoms with Crippen LogP contribution in [-0.2, 0) is 0 Å². The van der Waals surface area contributed by atoms with Gasteiger partial charge in [-0.2, -0.15) is 0 Å². The van der Waals surface area contributed by atoms with Crippen molar-refractivity contribution in [3.63, 3.8) is 0 Å². The highest BCUT2D eigenvalue weighted by Gasteiger charge is 2.44. The van der Waals surface area contributed by atoms with Gasteiger partial charge in [-0.25, -0.2) is 4.98 Å². The maximum absolute atomic E-state index is 8.73. The fourth-order valence-corrected chi connectivity index (χ4v) is 3.14. The lowest BCUT2D eigenvalue weighted by Gasteiger charge is -2.37. The van der Waals surface area contributed by atoms with Crippen molar-refractivity contribution in [2.24, 2.45) is 16.3 Å². The number of pyridine rings is 1. The van der Waals surface area contributed by atoms with Crippen LogP contribution in [0.15, 0.2) is 29.6 Å². The van der Waals surface area contributed by atoms with Gasteiger partial charge in [-0.3, -0.25) is 4.90 Å². The molecule has 2 fully saturated rings. The second kappa shape index (κ2) is 5.89. The van der Waals surface area contributed by atoms with E-state index in [1.54, 1.807) is 0 Å². The zero-order chi connectivity index (χ0) is 14.7. The van der Waals surface area contributed by atoms with Gasteiger partial charge in [0.15, 0.2) is 0 Å². The summed E-state index contributed by atoms with van der Waals surface area (Å²) < 4.78 is 0. The lowest BCUT2D eigenvalue weighted by Crippen LogP contribution is -2.48. The molecule has 0 bridgehead atoms. The smallest absolute Gasteiger partial charge is 0.139 e. The second-order valence-corrected chi connectivity index (χ2v) is 6.22. The third-order valence-corrected chi connectivity index (χ3v) is 4.55. The molecule has 2 heterocycles. The summed E-state index contributed by atoms with van der Waals surface area (Å²) in [5.74, 6) is 1.43. The van der Waals surface area contributed by atoms with E-state index in [9.17, 15) is 0 Å². The molecular formula is C15H23N5O. The molecule has 3 N–H and O–H groups in total. The van der Waals surface area contributed by atoms with Gasteiger partial charge in [-0.05, 0) is 30.4 Å². The van der Waals surface area contributed by atoms with Crippen molar-refractivity contribution >= 4 is 11.7 Å². The van der Waals surface area contributed by atoms with Gasteiger partial charge in [0.2, 0.25) is 0 Å². The minimum absolute atomic E-state index is 0.253. The average molecular weight is 289 g/mol. The molecule has 1 aliphatic heterocycles. The van der Waals surface area contributed by atoms with Crippen LogP contribution in [0.4, 0.5) is 5.82 Å². The number of nitrogens with zero attached hydrogens (tertiary/aromatic N) is 4. The third-order valence-electron chi connectivity index (χ3n) is 4.55. The average Bonchev–Trinajstić information content (AvgIpc) is 3.28. The van der Waals surface area contributed by atoms with Gasteiger partial charge in [0.05, 0.1) is 0 Å². The number of aromatic nitrogens is 1. The highest BCUT2D eigenvalue weighted by atomic mass is 16.4. The van der Waals surface area contributed by atoms with E-state index in [0.717, 1.165) is 38.5 Å². The number of piperazine rings is 1. The summed E-state index contributed by atoms with van der Waals surface area (Å²) in [6.45, 7) is 5.18. The molecule has 1 aliphatic carbocycles. The Balaban J connectivity index is 1.50. The Morgan fingerprint density at radius 2 is 2.05 bits per heavy atom. The van der Waals surface area contributed by atoms with Gasteiger partial charge in [-0.15, -0.1) is 0 Å². The molecule has 114 valence electrons. The van der Waals surface area contributed by atoms with E-state index in [1.165, 1.54) is 12.8 Å². The number of nitrogens with two attached hydrogens (primary N) is 1. The quantitative estimate of drug-likeness (QED) is 0.367. The van der Waals surface area contributed by atoms with E-state index < -0.39 is 0 Å². The predicted molar refractivity (Wildman–Crippen MR) is 82.6 cm³/mol. The summed E-state index contributed by atoms with van der Waals surface area (Å²) in [5, 5.41) is 11.8. The van der Waals surface area contributed by atoms with Crippen LogP contribution in [-0.4, -0.2) is 53.7 Å². The fraction of sp³-hybridized carbons (Fsp3) is 0.600. The normalized spacial score (nSPS) is 22.3. The molecule has 1 aromatic heterocycles. The summed E-state index contributed by atoms with van der Waals surface area (Å²) in [4.78, 5) is 9.24. The highest BCUT2D eigenvalue weighted by molar-refractivity contribution is 5.80. The van der Waals surface area contributed by atoms with Crippen LogP contribution in [0.5, 0.6) is 0 Å². The summed E-state index contributed by atoms with van der Waals surface area (Å²) in [5.41, 5.74) is 5.92. The first-order valence-electron chi connectivity index (χ1n) is 7.56. The lowest BCUT2D eigenvalue weighted by molar-refractivity contribution is 0.209. The maximum Gasteiger partial charge on any atom is 0.139 e. The van der Waals surface area contributed by atoms with Gasteiger partial charge < -0.3 is 15.8 Å². The van der Waals surface area contributed by atoms with Gasteiger partial charge in [0.25, 0.3) is 0 Å². The number of oxime groups is 1. The van der Waals surface area contributed by atoms with Crippen molar-refractivity contribution in [1.29, 1.82) is 0 Å². The molecule has 0 radical (unpaired) electrons. The largest absolute Gasteiger partial charge is 0.409 e. The number of rotatable bonds is 5. The van der Waals surface area contributed by atoms with E-state index in [0.29, 0.717) is 12.3 Å². The number of hydrogen-bond donors (Lipinski definition) is 2. The SMILES string of the molecule is NC(CC1(CN2CCN(c3ccccn3)CC2)CC1)=NO. The van der Waals surface area contributed by atoms with Crippen molar-refractivity contribution in [3.05, 3.63) is 24.4 Å². The molecule has 2 aliphatic rings. The standard InChI is InChI=1S/C15H23N5O/c16-13(18-21)11-15(4-5-15)12-19-7-9-20(10-8-19)14-3-1-2-6-17-14/h1-3,6,21H,4-5,7-12H2,(H2,16,18). The van der Waals surface area contributed by atoms with Crippen molar-refractivity contribution in [2.75, 3.05) is 37.6 Å². The van der Waals surface area contributed by atoms with Crippen molar-refractivity contribution in [2.45, 2.75) is 19.3 Å². The molecule has 0 spiro atoms. The van der Waals surface area contributed by atoms with Crippen LogP contribution in [0.25, 0.3) is 0 Å². The van der Waals surface area contributed by atoms with Crippen LogP contribution >= 0.6 is 0 Å². The molecule has 21 heavy (non-hydrogen) atoms. The summed E-state index contributed by atoms with van der Waals surface area (Å²) in [7, 11) is 0. The highest BCUT2D eigenvalue weighted by Crippen LogP contribution is 2.49. The minimum Gasteiger partial charge on any atom is -0.409 e. The maximum atomic E-state index is 8.73. The molecule has 0 atom stereocenters. The Bertz CT molecular complexity index is 492. The third kappa shape index (κ3) is 3.44. The van der Waals surface area contributed by atoms with Crippen LogP contribution < -0.4 is 10.6 Å². The van der Waals surface area contributed by atoms with E-state index in [-0.39, 0.29) is 5.41 Å². The fourth-order valence-electron chi connectivity index (χ4n) is 3.14. The van der Waals surface area contributed by atoms with Gasteiger partial charge >= 0.3 is 0 Å². The molecule has 6 nitrogen and oxygen atoms in total. The van der Waals surface area contributed by atoms with E-state index in [2.05, 4.69) is 26.0 Å². The predicted octanol–water partition coefficient (Wildman–Crippen LogP) is 1.12. The molecule has 6 heteroatoms. The lowest BCUT2D eigenvalue weighted by atomic mass is 10.0. The van der Waals surface area contributed by atoms with E-state index >= 15 is 0 Å². The van der Waals surface area contributed by atoms with Crippen LogP contribution in [0.1, 0.15) is 19.3 Å².